The second-order valence-corrected chi connectivity index (χ2v) is 8.86. The van der Waals surface area contributed by atoms with Crippen molar-refractivity contribution in [3.8, 4) is 11.3 Å². The summed E-state index contributed by atoms with van der Waals surface area (Å²) in [5, 5.41) is 0. The molecule has 4 rings (SSSR count). The molecule has 0 N–H and O–H groups in total. The minimum atomic E-state index is 0.152. The second kappa shape index (κ2) is 8.55. The van der Waals surface area contributed by atoms with Crippen LogP contribution in [0.25, 0.3) is 11.3 Å². The topological polar surface area (TPSA) is 12.9 Å². The van der Waals surface area contributed by atoms with E-state index in [9.17, 15) is 0 Å². The lowest BCUT2D eigenvalue weighted by Crippen LogP contribution is -2.56. The molecule has 0 aliphatic rings. The van der Waals surface area contributed by atoms with Gasteiger partial charge in [0.1, 0.15) is 0 Å². The molecule has 3 aromatic carbocycles. The molecule has 4 aromatic rings. The molecule has 1 aromatic heterocycles. The van der Waals surface area contributed by atoms with Crippen LogP contribution in [0.3, 0.4) is 0 Å². The minimum Gasteiger partial charge on any atom is -0.256 e. The molecular weight excluding hydrogens is 373 g/mol. The molecule has 0 saturated heterocycles. The molecule has 0 bridgehead atoms. The van der Waals surface area contributed by atoms with Gasteiger partial charge in [0.05, 0.1) is 5.69 Å². The Kier molecular flexibility index (Phi) is 5.82. The first-order valence-corrected chi connectivity index (χ1v) is 11.0. The molecule has 2 heteroatoms. The van der Waals surface area contributed by atoms with E-state index < -0.39 is 0 Å². The number of pyridine rings is 1. The van der Waals surface area contributed by atoms with Crippen LogP contribution in [0.1, 0.15) is 33.4 Å². The van der Waals surface area contributed by atoms with Crippen molar-refractivity contribution in [2.24, 2.45) is 0 Å². The normalized spacial score (nSPS) is 10.9. The molecule has 0 aliphatic carbocycles. The number of hydrogen-bond acceptors (Lipinski definition) is 1. The largest absolute Gasteiger partial charge is 0.256 e. The van der Waals surface area contributed by atoms with Crippen LogP contribution >= 0.6 is 0 Å². The van der Waals surface area contributed by atoms with Crippen molar-refractivity contribution >= 4 is 23.1 Å². The van der Waals surface area contributed by atoms with E-state index >= 15 is 0 Å². The smallest absolute Gasteiger partial charge is 0.243 e. The lowest BCUT2D eigenvalue weighted by Gasteiger charge is -2.26. The minimum absolute atomic E-state index is 0.152. The molecule has 154 valence electrons. The molecule has 1 heterocycles. The molecule has 0 atom stereocenters. The predicted molar refractivity (Wildman–Crippen MR) is 136 cm³/mol. The number of nitrogens with zero attached hydrogens (tertiary/aromatic N) is 1. The van der Waals surface area contributed by atoms with Crippen LogP contribution in [0.15, 0.2) is 72.9 Å². The van der Waals surface area contributed by atoms with E-state index in [2.05, 4.69) is 102 Å². The van der Waals surface area contributed by atoms with Gasteiger partial charge in [-0.3, -0.25) is 4.98 Å². The van der Waals surface area contributed by atoms with Crippen LogP contribution in [0.4, 0.5) is 0 Å². The van der Waals surface area contributed by atoms with Crippen molar-refractivity contribution in [3.05, 3.63) is 106 Å². The van der Waals surface area contributed by atoms with E-state index in [1.54, 1.807) is 0 Å². The van der Waals surface area contributed by atoms with E-state index in [0.29, 0.717) is 0 Å². The SMILES string of the molecule is Cc1cc(C)c(B(c2ccccc2-c2ccccn2)c2c(C)cc(C)cc2C)c(C)c1. The number of aromatic nitrogens is 1. The summed E-state index contributed by atoms with van der Waals surface area (Å²) in [5.74, 6) is 0. The van der Waals surface area contributed by atoms with Crippen LogP contribution < -0.4 is 16.4 Å². The standard InChI is InChI=1S/C29H30BN/c1-19-15-21(3)28(22(4)16-19)30(29-23(5)17-20(2)18-24(29)6)26-12-8-7-11-25(26)27-13-9-10-14-31-27/h7-18H,1-6H3. The maximum atomic E-state index is 4.70. The lowest BCUT2D eigenvalue weighted by molar-refractivity contribution is 1.33. The molecule has 0 unspecified atom stereocenters. The fourth-order valence-corrected chi connectivity index (χ4v) is 5.25. The predicted octanol–water partition coefficient (Wildman–Crippen LogP) is 5.12. The molecule has 31 heavy (non-hydrogen) atoms. The van der Waals surface area contributed by atoms with Crippen molar-refractivity contribution in [2.75, 3.05) is 0 Å². The Balaban J connectivity index is 2.08. The highest BCUT2D eigenvalue weighted by Crippen LogP contribution is 2.18. The quantitative estimate of drug-likeness (QED) is 0.431. The highest BCUT2D eigenvalue weighted by molar-refractivity contribution is 6.97. The van der Waals surface area contributed by atoms with Gasteiger partial charge in [0.15, 0.2) is 0 Å². The van der Waals surface area contributed by atoms with Crippen molar-refractivity contribution in [1.82, 2.24) is 4.98 Å². The highest BCUT2D eigenvalue weighted by Gasteiger charge is 2.30. The zero-order valence-corrected chi connectivity index (χ0v) is 19.5. The summed E-state index contributed by atoms with van der Waals surface area (Å²) in [5.41, 5.74) is 14.4. The van der Waals surface area contributed by atoms with Gasteiger partial charge >= 0.3 is 0 Å². The van der Waals surface area contributed by atoms with E-state index in [0.717, 1.165) is 5.69 Å². The summed E-state index contributed by atoms with van der Waals surface area (Å²) in [7, 11) is 0. The monoisotopic (exact) mass is 403 g/mol. The second-order valence-electron chi connectivity index (χ2n) is 8.86. The van der Waals surface area contributed by atoms with E-state index in [-0.39, 0.29) is 6.71 Å². The van der Waals surface area contributed by atoms with Gasteiger partial charge in [-0.05, 0) is 59.2 Å². The average Bonchev–Trinajstić information content (AvgIpc) is 2.72. The van der Waals surface area contributed by atoms with E-state index in [1.807, 2.05) is 12.3 Å². The molecule has 0 amide bonds. The summed E-state index contributed by atoms with van der Waals surface area (Å²) in [6.45, 7) is 13.5. The molecule has 0 spiro atoms. The van der Waals surface area contributed by atoms with Crippen LogP contribution in [-0.4, -0.2) is 11.7 Å². The summed E-state index contributed by atoms with van der Waals surface area (Å²) in [4.78, 5) is 4.70. The summed E-state index contributed by atoms with van der Waals surface area (Å²) >= 11 is 0. The number of aryl methyl sites for hydroxylation is 6. The number of benzene rings is 3. The Bertz CT molecular complexity index is 1140. The zero-order chi connectivity index (χ0) is 22.1. The van der Waals surface area contributed by atoms with Crippen molar-refractivity contribution in [1.29, 1.82) is 0 Å². The van der Waals surface area contributed by atoms with Gasteiger partial charge < -0.3 is 0 Å². The van der Waals surface area contributed by atoms with Gasteiger partial charge in [-0.15, -0.1) is 0 Å². The maximum absolute atomic E-state index is 4.70. The Hall–Kier alpha value is -3.13. The number of rotatable bonds is 4. The average molecular weight is 403 g/mol. The maximum Gasteiger partial charge on any atom is 0.243 e. The third-order valence-corrected chi connectivity index (χ3v) is 6.27. The fraction of sp³-hybridized carbons (Fsp3) is 0.207. The van der Waals surface area contributed by atoms with Gasteiger partial charge in [-0.1, -0.05) is 104 Å². The molecule has 0 radical (unpaired) electrons. The van der Waals surface area contributed by atoms with Gasteiger partial charge in [0.25, 0.3) is 0 Å². The van der Waals surface area contributed by atoms with Gasteiger partial charge in [-0.25, -0.2) is 0 Å². The Morgan fingerprint density at radius 3 is 1.55 bits per heavy atom. The van der Waals surface area contributed by atoms with E-state index in [1.165, 1.54) is 55.3 Å². The van der Waals surface area contributed by atoms with Crippen LogP contribution in [0.2, 0.25) is 0 Å². The fourth-order valence-electron chi connectivity index (χ4n) is 5.25. The van der Waals surface area contributed by atoms with Crippen molar-refractivity contribution in [3.63, 3.8) is 0 Å². The Labute approximate surface area is 187 Å². The van der Waals surface area contributed by atoms with Crippen molar-refractivity contribution in [2.45, 2.75) is 41.5 Å². The first kappa shape index (κ1) is 21.1. The zero-order valence-electron chi connectivity index (χ0n) is 19.5. The van der Waals surface area contributed by atoms with Crippen LogP contribution in [0, 0.1) is 41.5 Å². The third kappa shape index (κ3) is 4.08. The van der Waals surface area contributed by atoms with Gasteiger partial charge in [0.2, 0.25) is 6.71 Å². The van der Waals surface area contributed by atoms with Crippen LogP contribution in [-0.2, 0) is 0 Å². The molecular formula is C29H30BN. The first-order valence-electron chi connectivity index (χ1n) is 11.0. The number of hydrogen-bond donors (Lipinski definition) is 0. The van der Waals surface area contributed by atoms with Crippen LogP contribution in [0.5, 0.6) is 0 Å². The molecule has 0 fully saturated rings. The Morgan fingerprint density at radius 1 is 0.581 bits per heavy atom. The first-order chi connectivity index (χ1) is 14.9. The van der Waals surface area contributed by atoms with Gasteiger partial charge in [0, 0.05) is 6.20 Å². The molecule has 1 nitrogen and oxygen atoms in total. The summed E-state index contributed by atoms with van der Waals surface area (Å²) in [6, 6.07) is 24.2. The summed E-state index contributed by atoms with van der Waals surface area (Å²) < 4.78 is 0. The lowest BCUT2D eigenvalue weighted by atomic mass is 9.33. The third-order valence-electron chi connectivity index (χ3n) is 6.27. The summed E-state index contributed by atoms with van der Waals surface area (Å²) in [6.07, 6.45) is 1.88. The van der Waals surface area contributed by atoms with Gasteiger partial charge in [-0.2, -0.15) is 0 Å². The highest BCUT2D eigenvalue weighted by atomic mass is 14.7. The molecule has 0 saturated carbocycles. The molecule has 0 aliphatic heterocycles. The van der Waals surface area contributed by atoms with E-state index in [4.69, 9.17) is 4.98 Å². The Morgan fingerprint density at radius 2 is 1.06 bits per heavy atom. The van der Waals surface area contributed by atoms with Crippen molar-refractivity contribution < 1.29 is 0 Å².